The van der Waals surface area contributed by atoms with Gasteiger partial charge in [-0.15, -0.1) is 0 Å². The zero-order valence-electron chi connectivity index (χ0n) is 13.4. The number of hydrogen-bond donors (Lipinski definition) is 0. The van der Waals surface area contributed by atoms with Gasteiger partial charge in [0.05, 0.1) is 0 Å². The van der Waals surface area contributed by atoms with Crippen molar-refractivity contribution in [2.45, 2.75) is 18.6 Å². The van der Waals surface area contributed by atoms with Gasteiger partial charge in [0, 0.05) is 0 Å². The number of carboxylic acid groups (broad SMARTS) is 1. The molecule has 3 rings (SSSR count). The minimum absolute atomic E-state index is 0. The van der Waals surface area contributed by atoms with Crippen LogP contribution in [0.4, 0.5) is 0 Å². The minimum atomic E-state index is -1.19. The number of rotatable bonds is 4. The van der Waals surface area contributed by atoms with Crippen LogP contribution in [-0.2, 0) is 0 Å². The molecule has 0 aliphatic carbocycles. The van der Waals surface area contributed by atoms with Gasteiger partial charge in [-0.05, 0) is 0 Å². The van der Waals surface area contributed by atoms with Gasteiger partial charge in [0.15, 0.2) is 0 Å². The number of pyridine rings is 1. The van der Waals surface area contributed by atoms with Crippen molar-refractivity contribution in [1.82, 2.24) is 19.6 Å². The quantitative estimate of drug-likeness (QED) is 0.462. The fraction of sp³-hybridized carbons (Fsp3) is 0.200. The Hall–Kier alpha value is -1.31. The molecule has 0 saturated carbocycles. The minimum Gasteiger partial charge on any atom is 1.00 e. The van der Waals surface area contributed by atoms with E-state index in [1.807, 2.05) is 6.07 Å². The molecule has 1 unspecified atom stereocenters. The molecule has 0 aliphatic rings. The summed E-state index contributed by atoms with van der Waals surface area (Å²) in [7, 11) is 0. The Morgan fingerprint density at radius 3 is 2.71 bits per heavy atom. The Bertz CT molecular complexity index is 900. The third-order valence-electron chi connectivity index (χ3n) is 3.17. The summed E-state index contributed by atoms with van der Waals surface area (Å²) in [5.74, 6) is -1.19. The van der Waals surface area contributed by atoms with E-state index in [2.05, 4.69) is 28.9 Å². The van der Waals surface area contributed by atoms with Gasteiger partial charge in [-0.1, -0.05) is 0 Å². The van der Waals surface area contributed by atoms with Crippen LogP contribution in [0, 0.1) is 0 Å². The van der Waals surface area contributed by atoms with E-state index < -0.39 is 21.7 Å². The maximum absolute atomic E-state index is 11.3. The zero-order chi connectivity index (χ0) is 16.6. The third-order valence-corrected chi connectivity index (χ3v) is 6.10. The smallest absolute Gasteiger partial charge is 1.00 e. The summed E-state index contributed by atoms with van der Waals surface area (Å²) in [5.41, 5.74) is 2.19. The van der Waals surface area contributed by atoms with Gasteiger partial charge < -0.3 is 0 Å². The number of fused-ring (bicyclic) bond motifs is 1. The molecule has 3 heterocycles. The molecular formula is C15H13AsClLiN4O2. The number of carboxylic acids is 1. The molecule has 0 N–H and O–H groups in total. The topological polar surface area (TPSA) is 83.2 Å². The standard InChI is InChI=1S/C15H14AsClN4O2.Li/c1-8(2)16-12-3-13(18-5-10(12)15(22)23)11-6-20-21-7-9(17)4-19-14(11)21;/h3-8,16H,1-2H3,(H,22,23);/q;+1/p-1. The number of nitrogens with zero attached hydrogens (tertiary/aromatic N) is 4. The van der Waals surface area contributed by atoms with Crippen LogP contribution in [0.1, 0.15) is 24.2 Å². The first-order valence-corrected chi connectivity index (χ1v) is 9.56. The average Bonchev–Trinajstić information content (AvgIpc) is 2.89. The molecule has 6 nitrogen and oxygen atoms in total. The Balaban J connectivity index is 0.00000208. The Morgan fingerprint density at radius 1 is 1.29 bits per heavy atom. The first-order chi connectivity index (χ1) is 11.0. The summed E-state index contributed by atoms with van der Waals surface area (Å²) < 4.78 is 2.83. The predicted molar refractivity (Wildman–Crippen MR) is 87.4 cm³/mol. The molecule has 0 bridgehead atoms. The first-order valence-electron chi connectivity index (χ1n) is 6.93. The van der Waals surface area contributed by atoms with Gasteiger partial charge in [0.1, 0.15) is 0 Å². The van der Waals surface area contributed by atoms with Crippen molar-refractivity contribution in [2.24, 2.45) is 0 Å². The Kier molecular flexibility index (Phi) is 6.11. The van der Waals surface area contributed by atoms with Crippen LogP contribution in [0.25, 0.3) is 16.9 Å². The molecule has 9 heteroatoms. The fourth-order valence-corrected chi connectivity index (χ4v) is 4.81. The maximum Gasteiger partial charge on any atom is 1.00 e. The van der Waals surface area contributed by atoms with E-state index in [0.717, 1.165) is 9.91 Å². The second-order valence-corrected chi connectivity index (χ2v) is 9.90. The van der Waals surface area contributed by atoms with Gasteiger partial charge in [-0.2, -0.15) is 0 Å². The molecule has 0 radical (unpaired) electrons. The van der Waals surface area contributed by atoms with Crippen LogP contribution in [0.5, 0.6) is 0 Å². The Morgan fingerprint density at radius 2 is 2.04 bits per heavy atom. The second kappa shape index (κ2) is 7.71. The molecule has 0 aromatic carbocycles. The molecule has 3 aromatic heterocycles. The summed E-state index contributed by atoms with van der Waals surface area (Å²) in [6.07, 6.45) is 6.22. The zero-order valence-corrected chi connectivity index (χ0v) is 16.3. The summed E-state index contributed by atoms with van der Waals surface area (Å²) in [5, 5.41) is 16.0. The molecule has 3 aromatic rings. The number of carbonyl (C=O) groups is 1. The average molecular weight is 399 g/mol. The number of aromatic carboxylic acids is 1. The largest absolute Gasteiger partial charge is 1.00 e. The van der Waals surface area contributed by atoms with Crippen molar-refractivity contribution in [3.8, 4) is 11.3 Å². The van der Waals surface area contributed by atoms with Crippen LogP contribution >= 0.6 is 11.6 Å². The SMILES string of the molecule is CC(C)[AsH]c1cc(-c2cnn3cc(Cl)cnc23)ncc1C(=O)[O-].[Li+]. The van der Waals surface area contributed by atoms with Crippen molar-refractivity contribution in [2.75, 3.05) is 0 Å². The van der Waals surface area contributed by atoms with Gasteiger partial charge in [-0.25, -0.2) is 0 Å². The van der Waals surface area contributed by atoms with Crippen molar-refractivity contribution in [1.29, 1.82) is 0 Å². The normalized spacial score (nSPS) is 11.3. The van der Waals surface area contributed by atoms with E-state index >= 15 is 0 Å². The summed E-state index contributed by atoms with van der Waals surface area (Å²) in [4.78, 5) is 19.8. The van der Waals surface area contributed by atoms with Crippen LogP contribution in [0.3, 0.4) is 0 Å². The molecule has 0 fully saturated rings. The first kappa shape index (κ1) is 19.0. The molecule has 0 saturated heterocycles. The van der Waals surface area contributed by atoms with E-state index in [4.69, 9.17) is 11.6 Å². The maximum atomic E-state index is 11.3. The van der Waals surface area contributed by atoms with E-state index in [-0.39, 0.29) is 24.4 Å². The molecule has 1 atom stereocenters. The monoisotopic (exact) mass is 398 g/mol. The number of halogens is 1. The predicted octanol–water partition coefficient (Wildman–Crippen LogP) is -2.30. The molecule has 24 heavy (non-hydrogen) atoms. The molecule has 0 spiro atoms. The van der Waals surface area contributed by atoms with Crippen molar-refractivity contribution in [3.05, 3.63) is 41.4 Å². The van der Waals surface area contributed by atoms with Crippen LogP contribution in [0.15, 0.2) is 30.9 Å². The summed E-state index contributed by atoms with van der Waals surface area (Å²) >= 11 is 5.30. The molecule has 118 valence electrons. The van der Waals surface area contributed by atoms with Crippen LogP contribution in [0.2, 0.25) is 9.73 Å². The Labute approximate surface area is 162 Å². The van der Waals surface area contributed by atoms with Gasteiger partial charge in [0.2, 0.25) is 0 Å². The van der Waals surface area contributed by atoms with Crippen LogP contribution in [-0.4, -0.2) is 41.3 Å². The van der Waals surface area contributed by atoms with E-state index in [0.29, 0.717) is 21.1 Å². The van der Waals surface area contributed by atoms with Gasteiger partial charge in [-0.3, -0.25) is 0 Å². The van der Waals surface area contributed by atoms with Gasteiger partial charge >= 0.3 is 163 Å². The van der Waals surface area contributed by atoms with Crippen molar-refractivity contribution >= 4 is 43.3 Å². The van der Waals surface area contributed by atoms with Gasteiger partial charge in [0.25, 0.3) is 0 Å². The summed E-state index contributed by atoms with van der Waals surface area (Å²) in [6, 6.07) is 1.82. The van der Waals surface area contributed by atoms with E-state index in [9.17, 15) is 9.90 Å². The van der Waals surface area contributed by atoms with Crippen molar-refractivity contribution in [3.63, 3.8) is 0 Å². The fourth-order valence-electron chi connectivity index (χ4n) is 2.23. The number of hydrogen-bond acceptors (Lipinski definition) is 5. The summed E-state index contributed by atoms with van der Waals surface area (Å²) in [6.45, 7) is 4.16. The molecule has 0 aliphatic heterocycles. The number of carbonyl (C=O) groups excluding carboxylic acids is 1. The van der Waals surface area contributed by atoms with Crippen molar-refractivity contribution < 1.29 is 28.8 Å². The van der Waals surface area contributed by atoms with E-state index in [1.165, 1.54) is 6.20 Å². The van der Waals surface area contributed by atoms with E-state index in [1.54, 1.807) is 23.1 Å². The third kappa shape index (κ3) is 3.84. The second-order valence-electron chi connectivity index (χ2n) is 5.30. The molecule has 0 amide bonds. The number of aromatic nitrogens is 4. The van der Waals surface area contributed by atoms with Crippen LogP contribution < -0.4 is 28.3 Å². The molecular weight excluding hydrogens is 386 g/mol.